The monoisotopic (exact) mass is 460 g/mol. The van der Waals surface area contributed by atoms with Crippen molar-refractivity contribution in [2.24, 2.45) is 0 Å². The Hall–Kier alpha value is -3.61. The molecule has 7 nitrogen and oxygen atoms in total. The molecular weight excluding hydrogens is 428 g/mol. The van der Waals surface area contributed by atoms with E-state index in [-0.39, 0.29) is 5.91 Å². The maximum Gasteiger partial charge on any atom is 0.263 e. The van der Waals surface area contributed by atoms with Crippen LogP contribution in [-0.2, 0) is 4.79 Å². The Balaban J connectivity index is 1.31. The van der Waals surface area contributed by atoms with Gasteiger partial charge in [0.2, 0.25) is 0 Å². The fourth-order valence-corrected chi connectivity index (χ4v) is 4.19. The van der Waals surface area contributed by atoms with Gasteiger partial charge in [0.15, 0.2) is 11.9 Å². The molecule has 0 aliphatic carbocycles. The highest BCUT2D eigenvalue weighted by atomic mass is 16.5. The summed E-state index contributed by atoms with van der Waals surface area (Å²) in [5.74, 6) is 2.27. The van der Waals surface area contributed by atoms with Crippen LogP contribution < -0.4 is 14.4 Å². The predicted molar refractivity (Wildman–Crippen MR) is 133 cm³/mol. The van der Waals surface area contributed by atoms with Gasteiger partial charge in [-0.05, 0) is 69.7 Å². The van der Waals surface area contributed by atoms with Gasteiger partial charge in [0, 0.05) is 31.7 Å². The van der Waals surface area contributed by atoms with Gasteiger partial charge in [0.1, 0.15) is 11.5 Å². The van der Waals surface area contributed by atoms with Crippen molar-refractivity contribution in [3.63, 3.8) is 0 Å². The van der Waals surface area contributed by atoms with Crippen LogP contribution in [0.2, 0.25) is 0 Å². The van der Waals surface area contributed by atoms with E-state index in [0.717, 1.165) is 22.8 Å². The number of hydrogen-bond donors (Lipinski definition) is 0. The topological polar surface area (TPSA) is 67.8 Å². The number of rotatable bonds is 7. The lowest BCUT2D eigenvalue weighted by Crippen LogP contribution is -2.52. The summed E-state index contributed by atoms with van der Waals surface area (Å²) in [6.45, 7) is 11.2. The molecule has 1 atom stereocenters. The summed E-state index contributed by atoms with van der Waals surface area (Å²) in [5.41, 5.74) is 4.39. The van der Waals surface area contributed by atoms with Crippen molar-refractivity contribution in [1.82, 2.24) is 15.1 Å². The average molecular weight is 461 g/mol. The maximum atomic E-state index is 12.9. The minimum atomic E-state index is -0.554. The summed E-state index contributed by atoms with van der Waals surface area (Å²) in [4.78, 5) is 16.9. The minimum Gasteiger partial charge on any atom is -0.494 e. The van der Waals surface area contributed by atoms with E-state index in [1.54, 1.807) is 6.92 Å². The summed E-state index contributed by atoms with van der Waals surface area (Å²) >= 11 is 0. The highest BCUT2D eigenvalue weighted by Crippen LogP contribution is 2.24. The van der Waals surface area contributed by atoms with E-state index >= 15 is 0 Å². The lowest BCUT2D eigenvalue weighted by atomic mass is 10.0. The van der Waals surface area contributed by atoms with Crippen LogP contribution in [0.1, 0.15) is 25.0 Å². The third-order valence-corrected chi connectivity index (χ3v) is 6.02. The van der Waals surface area contributed by atoms with E-state index < -0.39 is 6.10 Å². The number of carbonyl (C=O) groups is 1. The molecule has 1 amide bonds. The summed E-state index contributed by atoms with van der Waals surface area (Å²) in [7, 11) is 0. The zero-order valence-electron chi connectivity index (χ0n) is 20.3. The Labute approximate surface area is 201 Å². The maximum absolute atomic E-state index is 12.9. The zero-order chi connectivity index (χ0) is 24.1. The van der Waals surface area contributed by atoms with Crippen molar-refractivity contribution in [2.45, 2.75) is 33.8 Å². The summed E-state index contributed by atoms with van der Waals surface area (Å²) in [5, 5.41) is 8.92. The van der Waals surface area contributed by atoms with Gasteiger partial charge in [0.05, 0.1) is 12.3 Å². The number of piperazine rings is 1. The summed E-state index contributed by atoms with van der Waals surface area (Å²) < 4.78 is 11.3. The van der Waals surface area contributed by atoms with Gasteiger partial charge in [-0.25, -0.2) is 0 Å². The highest BCUT2D eigenvalue weighted by Gasteiger charge is 2.26. The first-order chi connectivity index (χ1) is 16.4. The number of aromatic nitrogens is 2. The largest absolute Gasteiger partial charge is 0.494 e. The van der Waals surface area contributed by atoms with Crippen LogP contribution in [0.5, 0.6) is 11.5 Å². The molecule has 7 heteroatoms. The molecule has 34 heavy (non-hydrogen) atoms. The van der Waals surface area contributed by atoms with Crippen molar-refractivity contribution in [1.29, 1.82) is 0 Å². The number of amides is 1. The van der Waals surface area contributed by atoms with Gasteiger partial charge in [-0.2, -0.15) is 0 Å². The van der Waals surface area contributed by atoms with Crippen LogP contribution in [0.15, 0.2) is 54.6 Å². The molecule has 0 spiro atoms. The van der Waals surface area contributed by atoms with Crippen LogP contribution in [0.25, 0.3) is 11.3 Å². The van der Waals surface area contributed by atoms with E-state index in [1.807, 2.05) is 48.2 Å². The second kappa shape index (κ2) is 10.5. The molecule has 1 aliphatic heterocycles. The van der Waals surface area contributed by atoms with E-state index in [0.29, 0.717) is 38.5 Å². The standard InChI is InChI=1S/C27H32N4O3/c1-5-33-22-7-9-23(10-8-22)34-21(4)27(32)31-16-14-30(15-17-31)26-13-12-25(28-29-26)24-11-6-19(2)18-20(24)3/h6-13,18,21H,5,14-17H2,1-4H3. The second-order valence-electron chi connectivity index (χ2n) is 8.57. The molecule has 1 fully saturated rings. The van der Waals surface area contributed by atoms with Crippen molar-refractivity contribution in [2.75, 3.05) is 37.7 Å². The van der Waals surface area contributed by atoms with E-state index in [1.165, 1.54) is 11.1 Å². The lowest BCUT2D eigenvalue weighted by Gasteiger charge is -2.36. The Bertz CT molecular complexity index is 1110. The van der Waals surface area contributed by atoms with Crippen molar-refractivity contribution in [3.05, 3.63) is 65.7 Å². The molecule has 4 rings (SSSR count). The zero-order valence-corrected chi connectivity index (χ0v) is 20.3. The normalized spacial score (nSPS) is 14.6. The van der Waals surface area contributed by atoms with Crippen molar-refractivity contribution in [3.8, 4) is 22.8 Å². The van der Waals surface area contributed by atoms with Crippen molar-refractivity contribution < 1.29 is 14.3 Å². The Kier molecular flexibility index (Phi) is 7.30. The van der Waals surface area contributed by atoms with Crippen LogP contribution in [0, 0.1) is 13.8 Å². The fraction of sp³-hybridized carbons (Fsp3) is 0.370. The van der Waals surface area contributed by atoms with Gasteiger partial charge in [0.25, 0.3) is 5.91 Å². The van der Waals surface area contributed by atoms with Gasteiger partial charge >= 0.3 is 0 Å². The molecular formula is C27H32N4O3. The van der Waals surface area contributed by atoms with Crippen molar-refractivity contribution >= 4 is 11.7 Å². The van der Waals surface area contributed by atoms with Gasteiger partial charge in [-0.3, -0.25) is 4.79 Å². The SMILES string of the molecule is CCOc1ccc(OC(C)C(=O)N2CCN(c3ccc(-c4ccc(C)cc4C)nn3)CC2)cc1. The first kappa shape index (κ1) is 23.5. The fourth-order valence-electron chi connectivity index (χ4n) is 4.19. The van der Waals surface area contributed by atoms with Gasteiger partial charge in [-0.15, -0.1) is 10.2 Å². The smallest absolute Gasteiger partial charge is 0.263 e. The lowest BCUT2D eigenvalue weighted by molar-refractivity contribution is -0.138. The molecule has 2 aromatic carbocycles. The minimum absolute atomic E-state index is 0.00943. The van der Waals surface area contributed by atoms with Gasteiger partial charge < -0.3 is 19.3 Å². The predicted octanol–water partition coefficient (Wildman–Crippen LogP) is 4.28. The first-order valence-electron chi connectivity index (χ1n) is 11.8. The number of aryl methyl sites for hydroxylation is 2. The number of ether oxygens (including phenoxy) is 2. The van der Waals surface area contributed by atoms with E-state index in [9.17, 15) is 4.79 Å². The molecule has 1 aliphatic rings. The van der Waals surface area contributed by atoms with Crippen LogP contribution in [0.3, 0.4) is 0 Å². The average Bonchev–Trinajstić information content (AvgIpc) is 2.85. The molecule has 1 unspecified atom stereocenters. The number of hydrogen-bond acceptors (Lipinski definition) is 6. The Morgan fingerprint density at radius 2 is 1.65 bits per heavy atom. The van der Waals surface area contributed by atoms with Crippen LogP contribution in [-0.4, -0.2) is 59.9 Å². The second-order valence-corrected chi connectivity index (χ2v) is 8.57. The van der Waals surface area contributed by atoms with E-state index in [4.69, 9.17) is 9.47 Å². The quantitative estimate of drug-likeness (QED) is 0.524. The molecule has 0 N–H and O–H groups in total. The molecule has 1 aromatic heterocycles. The highest BCUT2D eigenvalue weighted by molar-refractivity contribution is 5.81. The first-order valence-corrected chi connectivity index (χ1v) is 11.8. The van der Waals surface area contributed by atoms with Crippen LogP contribution in [0.4, 0.5) is 5.82 Å². The number of nitrogens with zero attached hydrogens (tertiary/aromatic N) is 4. The van der Waals surface area contributed by atoms with Gasteiger partial charge in [-0.1, -0.05) is 23.8 Å². The molecule has 178 valence electrons. The Morgan fingerprint density at radius 3 is 2.26 bits per heavy atom. The molecule has 0 radical (unpaired) electrons. The molecule has 2 heterocycles. The third kappa shape index (κ3) is 5.47. The third-order valence-electron chi connectivity index (χ3n) is 6.02. The molecule has 0 bridgehead atoms. The van der Waals surface area contributed by atoms with Crippen LogP contribution >= 0.6 is 0 Å². The van der Waals surface area contributed by atoms with E-state index in [2.05, 4.69) is 47.1 Å². The number of benzene rings is 2. The summed E-state index contributed by atoms with van der Waals surface area (Å²) in [6.07, 6.45) is -0.554. The summed E-state index contributed by atoms with van der Waals surface area (Å²) in [6, 6.07) is 17.7. The number of carbonyl (C=O) groups excluding carboxylic acids is 1. The molecule has 3 aromatic rings. The molecule has 0 saturated carbocycles. The molecule has 1 saturated heterocycles. The Morgan fingerprint density at radius 1 is 0.941 bits per heavy atom. The number of anilines is 1.